The number of pyridine rings is 1. The highest BCUT2D eigenvalue weighted by Gasteiger charge is 2.18. The van der Waals surface area contributed by atoms with Gasteiger partial charge in [-0.3, -0.25) is 4.79 Å². The van der Waals surface area contributed by atoms with Crippen LogP contribution < -0.4 is 19.5 Å². The number of carbonyl (C=O) groups is 1. The summed E-state index contributed by atoms with van der Waals surface area (Å²) < 4.78 is 37.2. The molecular weight excluding hydrogens is 660 g/mol. The molecule has 0 saturated carbocycles. The lowest BCUT2D eigenvalue weighted by Crippen LogP contribution is -2.28. The molecule has 1 atom stereocenters. The number of halogens is 1. The fraction of sp³-hybridized carbons (Fsp3) is 0.263. The summed E-state index contributed by atoms with van der Waals surface area (Å²) in [4.78, 5) is 17.9. The first-order valence-corrected chi connectivity index (χ1v) is 20.1. The van der Waals surface area contributed by atoms with Gasteiger partial charge in [0.1, 0.15) is 32.4 Å². The summed E-state index contributed by atoms with van der Waals surface area (Å²) in [5.74, 6) is 4.20. The minimum Gasteiger partial charge on any atom is -0.497 e. The molecule has 5 rings (SSSR count). The summed E-state index contributed by atoms with van der Waals surface area (Å²) in [5.41, 5.74) is 7.09. The van der Waals surface area contributed by atoms with Crippen LogP contribution in [-0.4, -0.2) is 58.0 Å². The van der Waals surface area contributed by atoms with Crippen molar-refractivity contribution >= 4 is 35.4 Å². The zero-order valence-corrected chi connectivity index (χ0v) is 29.9. The monoisotopic (exact) mass is 698 g/mol. The second kappa shape index (κ2) is 16.1. The van der Waals surface area contributed by atoms with E-state index in [1.165, 1.54) is 24.5 Å². The van der Waals surface area contributed by atoms with Crippen molar-refractivity contribution in [3.05, 3.63) is 106 Å². The van der Waals surface area contributed by atoms with Gasteiger partial charge in [-0.05, 0) is 54.1 Å². The van der Waals surface area contributed by atoms with E-state index in [0.29, 0.717) is 51.9 Å². The van der Waals surface area contributed by atoms with Crippen molar-refractivity contribution in [2.75, 3.05) is 34.0 Å². The van der Waals surface area contributed by atoms with Crippen molar-refractivity contribution in [2.45, 2.75) is 32.4 Å². The van der Waals surface area contributed by atoms with E-state index < -0.39 is 20.1 Å². The molecule has 3 aromatic carbocycles. The fourth-order valence-corrected chi connectivity index (χ4v) is 6.35. The van der Waals surface area contributed by atoms with E-state index in [1.54, 1.807) is 37.4 Å². The third kappa shape index (κ3) is 9.46. The molecular formula is C38H39FN2O6SSi. The Labute approximate surface area is 290 Å². The van der Waals surface area contributed by atoms with Gasteiger partial charge in [-0.25, -0.2) is 9.37 Å². The van der Waals surface area contributed by atoms with Crippen LogP contribution in [0.4, 0.5) is 4.39 Å². The molecule has 49 heavy (non-hydrogen) atoms. The van der Waals surface area contributed by atoms with Gasteiger partial charge in [0, 0.05) is 34.0 Å². The average Bonchev–Trinajstić information content (AvgIpc) is 3.55. The van der Waals surface area contributed by atoms with Gasteiger partial charge < -0.3 is 29.4 Å². The Bertz CT molecular complexity index is 1980. The molecule has 5 aromatic rings. The van der Waals surface area contributed by atoms with E-state index in [9.17, 15) is 14.3 Å². The number of rotatable bonds is 13. The third-order valence-electron chi connectivity index (χ3n) is 7.39. The predicted octanol–water partition coefficient (Wildman–Crippen LogP) is 7.41. The second-order valence-corrected chi connectivity index (χ2v) is 17.9. The van der Waals surface area contributed by atoms with Crippen LogP contribution in [-0.2, 0) is 11.3 Å². The molecule has 11 heteroatoms. The number of methoxy groups -OCH3 is 2. The number of nitrogens with one attached hydrogen (secondary N) is 1. The maximum absolute atomic E-state index is 14.5. The first-order chi connectivity index (χ1) is 23.5. The Morgan fingerprint density at radius 1 is 1.00 bits per heavy atom. The number of hydrogen-bond acceptors (Lipinski definition) is 8. The van der Waals surface area contributed by atoms with Gasteiger partial charge >= 0.3 is 0 Å². The molecule has 1 amide bonds. The summed E-state index contributed by atoms with van der Waals surface area (Å²) >= 11 is 1.30. The Morgan fingerprint density at radius 3 is 2.53 bits per heavy atom. The number of aromatic nitrogens is 1. The van der Waals surface area contributed by atoms with Gasteiger partial charge in [0.2, 0.25) is 0 Å². The maximum atomic E-state index is 14.5. The lowest BCUT2D eigenvalue weighted by Gasteiger charge is -2.15. The van der Waals surface area contributed by atoms with E-state index in [0.717, 1.165) is 22.3 Å². The van der Waals surface area contributed by atoms with Crippen molar-refractivity contribution in [1.29, 1.82) is 0 Å². The molecule has 0 fully saturated rings. The molecule has 8 nitrogen and oxygen atoms in total. The Hall–Kier alpha value is -4.73. The molecule has 1 unspecified atom stereocenters. The highest BCUT2D eigenvalue weighted by Crippen LogP contribution is 2.35. The van der Waals surface area contributed by atoms with E-state index in [4.69, 9.17) is 23.9 Å². The van der Waals surface area contributed by atoms with Gasteiger partial charge in [-0.2, -0.15) is 0 Å². The fourth-order valence-electron chi connectivity index (χ4n) is 4.86. The van der Waals surface area contributed by atoms with Crippen LogP contribution in [0.1, 0.15) is 33.3 Å². The molecule has 0 radical (unpaired) electrons. The molecule has 254 valence electrons. The van der Waals surface area contributed by atoms with Crippen LogP contribution in [0.15, 0.2) is 78.2 Å². The molecule has 0 bridgehead atoms. The van der Waals surface area contributed by atoms with Crippen LogP contribution >= 0.6 is 11.3 Å². The third-order valence-corrected chi connectivity index (χ3v) is 9.27. The highest BCUT2D eigenvalue weighted by molar-refractivity contribution is 7.17. The minimum atomic E-state index is -1.70. The molecule has 2 heterocycles. The Balaban J connectivity index is 1.23. The summed E-state index contributed by atoms with van der Waals surface area (Å²) in [5, 5.41) is 16.6. The van der Waals surface area contributed by atoms with Crippen molar-refractivity contribution in [3.8, 4) is 40.0 Å². The number of nitrogens with zero attached hydrogens (tertiary/aromatic N) is 1. The van der Waals surface area contributed by atoms with Gasteiger partial charge in [0.05, 0.1) is 43.5 Å². The van der Waals surface area contributed by atoms with Crippen molar-refractivity contribution in [2.24, 2.45) is 0 Å². The average molecular weight is 699 g/mol. The predicted molar refractivity (Wildman–Crippen MR) is 194 cm³/mol. The molecule has 0 aliphatic rings. The lowest BCUT2D eigenvalue weighted by molar-refractivity contribution is 0.0877. The van der Waals surface area contributed by atoms with Gasteiger partial charge in [0.15, 0.2) is 11.5 Å². The smallest absolute Gasteiger partial charge is 0.251 e. The van der Waals surface area contributed by atoms with Gasteiger partial charge in [-0.15, -0.1) is 16.9 Å². The van der Waals surface area contributed by atoms with Crippen molar-refractivity contribution < 1.29 is 33.2 Å². The maximum Gasteiger partial charge on any atom is 0.251 e. The molecule has 0 aliphatic heterocycles. The largest absolute Gasteiger partial charge is 0.497 e. The Kier molecular flexibility index (Phi) is 11.7. The summed E-state index contributed by atoms with van der Waals surface area (Å²) in [7, 11) is 1.42. The number of benzene rings is 3. The molecule has 2 N–H and O–H groups in total. The first kappa shape index (κ1) is 35.6. The van der Waals surface area contributed by atoms with Crippen LogP contribution in [0.2, 0.25) is 19.6 Å². The number of thiophene rings is 1. The number of aliphatic hydroxyl groups excluding tert-OH is 1. The number of fused-ring (bicyclic) bond motifs is 1. The van der Waals surface area contributed by atoms with E-state index >= 15 is 0 Å². The SMILES string of the molecule is COc1ccc(COCCOc2ccc(C(=O)NCC(O)c3cc(C#C[Si](C)(C)C)cc(-c4csc5c(F)cccc45)n3)cc2OC)cc1. The zero-order valence-electron chi connectivity index (χ0n) is 28.1. The van der Waals surface area contributed by atoms with Crippen LogP contribution in [0.3, 0.4) is 0 Å². The highest BCUT2D eigenvalue weighted by atomic mass is 32.1. The van der Waals surface area contributed by atoms with Crippen molar-refractivity contribution in [3.63, 3.8) is 0 Å². The van der Waals surface area contributed by atoms with Crippen LogP contribution in [0.5, 0.6) is 17.2 Å². The lowest BCUT2D eigenvalue weighted by atomic mass is 10.1. The standard InChI is InChI=1S/C38H39FN2O6SSi/c1-44-28-12-9-25(10-13-28)23-46-16-17-47-35-14-11-27(21-36(35)45-2)38(43)40-22-34(42)33-20-26(15-18-49(3,4)5)19-32(41-33)30-24-48-37-29(30)7-6-8-31(37)39/h6-14,19-21,24,34,42H,16-17,22-23H2,1-5H3,(H,40,43). The summed E-state index contributed by atoms with van der Waals surface area (Å²) in [6.07, 6.45) is -1.12. The molecule has 0 aliphatic carbocycles. The quantitative estimate of drug-likeness (QED) is 0.0751. The Morgan fingerprint density at radius 2 is 1.80 bits per heavy atom. The van der Waals surface area contributed by atoms with Crippen LogP contribution in [0, 0.1) is 17.3 Å². The number of aliphatic hydroxyl groups is 1. The summed E-state index contributed by atoms with van der Waals surface area (Å²) in [6, 6.07) is 21.1. The molecule has 0 spiro atoms. The molecule has 0 saturated heterocycles. The van der Waals surface area contributed by atoms with E-state index in [-0.39, 0.29) is 19.0 Å². The topological polar surface area (TPSA) is 99.1 Å². The number of ether oxygens (including phenoxy) is 4. The normalized spacial score (nSPS) is 11.8. The second-order valence-electron chi connectivity index (χ2n) is 12.3. The minimum absolute atomic E-state index is 0.0959. The van der Waals surface area contributed by atoms with E-state index in [1.807, 2.05) is 41.8 Å². The van der Waals surface area contributed by atoms with Gasteiger partial charge in [-0.1, -0.05) is 49.8 Å². The number of amides is 1. The van der Waals surface area contributed by atoms with Crippen molar-refractivity contribution in [1.82, 2.24) is 10.3 Å². The van der Waals surface area contributed by atoms with E-state index in [2.05, 4.69) is 36.4 Å². The number of hydrogen-bond donors (Lipinski definition) is 2. The molecule has 2 aromatic heterocycles. The zero-order chi connectivity index (χ0) is 35.0. The first-order valence-electron chi connectivity index (χ1n) is 15.7. The van der Waals surface area contributed by atoms with Gasteiger partial charge in [0.25, 0.3) is 5.91 Å². The van der Waals surface area contributed by atoms with Crippen LogP contribution in [0.25, 0.3) is 21.3 Å². The number of carbonyl (C=O) groups excluding carboxylic acids is 1. The summed E-state index contributed by atoms with van der Waals surface area (Å²) in [6.45, 7) is 7.43.